The third-order valence-electron chi connectivity index (χ3n) is 4.63. The van der Waals surface area contributed by atoms with Gasteiger partial charge in [0.1, 0.15) is 5.75 Å². The number of benzene rings is 2. The molecule has 0 saturated heterocycles. The average Bonchev–Trinajstić information content (AvgIpc) is 2.72. The lowest BCUT2D eigenvalue weighted by Crippen LogP contribution is -2.32. The SMILES string of the molecule is CCC(=O)c1ccc(OCC(=O)OCC(=O)N[C@@H](C)c2ccc(C)c(C)c2)cc1. The molecule has 0 aromatic heterocycles. The number of hydrogen-bond acceptors (Lipinski definition) is 5. The summed E-state index contributed by atoms with van der Waals surface area (Å²) in [6.07, 6.45) is 0.427. The van der Waals surface area contributed by atoms with Crippen LogP contribution in [0.2, 0.25) is 0 Å². The summed E-state index contributed by atoms with van der Waals surface area (Å²) in [5, 5.41) is 2.81. The van der Waals surface area contributed by atoms with Gasteiger partial charge in [-0.3, -0.25) is 9.59 Å². The van der Waals surface area contributed by atoms with Gasteiger partial charge in [0.15, 0.2) is 19.0 Å². The third kappa shape index (κ3) is 6.75. The maximum atomic E-state index is 12.0. The van der Waals surface area contributed by atoms with Gasteiger partial charge in [-0.25, -0.2) is 4.79 Å². The summed E-state index contributed by atoms with van der Waals surface area (Å²) in [6.45, 7) is 7.02. The van der Waals surface area contributed by atoms with Crippen molar-refractivity contribution in [2.45, 2.75) is 40.2 Å². The van der Waals surface area contributed by atoms with Crippen LogP contribution in [0.15, 0.2) is 42.5 Å². The Morgan fingerprint density at radius 1 is 0.966 bits per heavy atom. The van der Waals surface area contributed by atoms with Crippen LogP contribution in [-0.4, -0.2) is 30.9 Å². The molecule has 0 aliphatic rings. The van der Waals surface area contributed by atoms with Crippen molar-refractivity contribution < 1.29 is 23.9 Å². The molecule has 2 rings (SSSR count). The first-order chi connectivity index (χ1) is 13.8. The van der Waals surface area contributed by atoms with Gasteiger partial charge in [-0.2, -0.15) is 0 Å². The van der Waals surface area contributed by atoms with Crippen LogP contribution in [0.4, 0.5) is 0 Å². The van der Waals surface area contributed by atoms with Crippen LogP contribution in [0.1, 0.15) is 53.4 Å². The van der Waals surface area contributed by atoms with E-state index in [1.165, 1.54) is 5.56 Å². The Morgan fingerprint density at radius 2 is 1.66 bits per heavy atom. The molecule has 1 amide bonds. The zero-order valence-corrected chi connectivity index (χ0v) is 17.3. The van der Waals surface area contributed by atoms with Crippen molar-refractivity contribution in [3.63, 3.8) is 0 Å². The van der Waals surface area contributed by atoms with E-state index in [1.807, 2.05) is 39.0 Å². The average molecular weight is 397 g/mol. The molecule has 0 bridgehead atoms. The van der Waals surface area contributed by atoms with Gasteiger partial charge in [0.05, 0.1) is 6.04 Å². The fourth-order valence-corrected chi connectivity index (χ4v) is 2.67. The molecule has 29 heavy (non-hydrogen) atoms. The molecule has 6 heteroatoms. The number of carbonyl (C=O) groups excluding carboxylic acids is 3. The standard InChI is InChI=1S/C23H27NO5/c1-5-21(25)18-8-10-20(11-9-18)28-14-23(27)29-13-22(26)24-17(4)19-7-6-15(2)16(3)12-19/h6-12,17H,5,13-14H2,1-4H3,(H,24,26)/t17-/m0/s1. The summed E-state index contributed by atoms with van der Waals surface area (Å²) in [7, 11) is 0. The molecule has 2 aromatic carbocycles. The Balaban J connectivity index is 1.74. The van der Waals surface area contributed by atoms with E-state index in [9.17, 15) is 14.4 Å². The molecule has 0 saturated carbocycles. The summed E-state index contributed by atoms with van der Waals surface area (Å²) in [5.74, 6) is -0.543. The molecule has 1 N–H and O–H groups in total. The van der Waals surface area contributed by atoms with Gasteiger partial charge in [0.25, 0.3) is 5.91 Å². The summed E-state index contributed by atoms with van der Waals surface area (Å²) >= 11 is 0. The Morgan fingerprint density at radius 3 is 2.28 bits per heavy atom. The quantitative estimate of drug-likeness (QED) is 0.515. The zero-order chi connectivity index (χ0) is 21.4. The molecular weight excluding hydrogens is 370 g/mol. The number of ether oxygens (including phenoxy) is 2. The molecule has 0 aliphatic heterocycles. The van der Waals surface area contributed by atoms with E-state index in [-0.39, 0.29) is 30.9 Å². The van der Waals surface area contributed by atoms with E-state index in [0.717, 1.165) is 11.1 Å². The van der Waals surface area contributed by atoms with Gasteiger partial charge < -0.3 is 14.8 Å². The van der Waals surface area contributed by atoms with Crippen molar-refractivity contribution in [2.24, 2.45) is 0 Å². The highest BCUT2D eigenvalue weighted by Gasteiger charge is 2.13. The van der Waals surface area contributed by atoms with Gasteiger partial charge in [0, 0.05) is 12.0 Å². The molecule has 0 radical (unpaired) electrons. The van der Waals surface area contributed by atoms with Crippen LogP contribution in [-0.2, 0) is 14.3 Å². The van der Waals surface area contributed by atoms with E-state index in [1.54, 1.807) is 31.2 Å². The minimum Gasteiger partial charge on any atom is -0.482 e. The van der Waals surface area contributed by atoms with Gasteiger partial charge in [0.2, 0.25) is 0 Å². The Hall–Kier alpha value is -3.15. The lowest BCUT2D eigenvalue weighted by Gasteiger charge is -2.16. The van der Waals surface area contributed by atoms with E-state index >= 15 is 0 Å². The van der Waals surface area contributed by atoms with Gasteiger partial charge in [-0.15, -0.1) is 0 Å². The van der Waals surface area contributed by atoms with Gasteiger partial charge in [-0.1, -0.05) is 25.1 Å². The smallest absolute Gasteiger partial charge is 0.344 e. The molecule has 0 aliphatic carbocycles. The number of nitrogens with one attached hydrogen (secondary N) is 1. The monoisotopic (exact) mass is 397 g/mol. The van der Waals surface area contributed by atoms with Gasteiger partial charge in [-0.05, 0) is 61.7 Å². The Labute approximate surface area is 171 Å². The topological polar surface area (TPSA) is 81.7 Å². The second-order valence-corrected chi connectivity index (χ2v) is 6.88. The maximum absolute atomic E-state index is 12.0. The highest BCUT2D eigenvalue weighted by Crippen LogP contribution is 2.17. The van der Waals surface area contributed by atoms with Crippen molar-refractivity contribution in [1.82, 2.24) is 5.32 Å². The first kappa shape index (κ1) is 22.1. The van der Waals surface area contributed by atoms with Crippen molar-refractivity contribution in [1.29, 1.82) is 0 Å². The molecule has 0 unspecified atom stereocenters. The fourth-order valence-electron chi connectivity index (χ4n) is 2.67. The lowest BCUT2D eigenvalue weighted by atomic mass is 10.0. The number of hydrogen-bond donors (Lipinski definition) is 1. The molecule has 154 valence electrons. The molecular formula is C23H27NO5. The predicted molar refractivity (Wildman–Crippen MR) is 110 cm³/mol. The van der Waals surface area contributed by atoms with E-state index < -0.39 is 5.97 Å². The highest BCUT2D eigenvalue weighted by atomic mass is 16.6. The first-order valence-electron chi connectivity index (χ1n) is 9.58. The van der Waals surface area contributed by atoms with Crippen LogP contribution in [0.5, 0.6) is 5.75 Å². The number of esters is 1. The summed E-state index contributed by atoms with van der Waals surface area (Å²) in [4.78, 5) is 35.4. The number of amides is 1. The largest absolute Gasteiger partial charge is 0.482 e. The molecule has 2 aromatic rings. The van der Waals surface area contributed by atoms with Crippen LogP contribution in [0.25, 0.3) is 0 Å². The number of rotatable bonds is 9. The Kier molecular flexibility index (Phi) is 7.95. The lowest BCUT2D eigenvalue weighted by molar-refractivity contribution is -0.150. The minimum atomic E-state index is -0.646. The zero-order valence-electron chi connectivity index (χ0n) is 17.3. The van der Waals surface area contributed by atoms with E-state index in [4.69, 9.17) is 9.47 Å². The van der Waals surface area contributed by atoms with Crippen molar-refractivity contribution in [2.75, 3.05) is 13.2 Å². The minimum absolute atomic E-state index is 0.0389. The summed E-state index contributed by atoms with van der Waals surface area (Å²) < 4.78 is 10.3. The van der Waals surface area contributed by atoms with E-state index in [0.29, 0.717) is 17.7 Å². The summed E-state index contributed by atoms with van der Waals surface area (Å²) in [6, 6.07) is 12.3. The molecule has 1 atom stereocenters. The van der Waals surface area contributed by atoms with Crippen LogP contribution in [0, 0.1) is 13.8 Å². The van der Waals surface area contributed by atoms with E-state index in [2.05, 4.69) is 5.32 Å². The van der Waals surface area contributed by atoms with Crippen molar-refractivity contribution in [3.05, 3.63) is 64.7 Å². The van der Waals surface area contributed by atoms with Crippen LogP contribution >= 0.6 is 0 Å². The normalized spacial score (nSPS) is 11.4. The third-order valence-corrected chi connectivity index (χ3v) is 4.63. The van der Waals surface area contributed by atoms with Crippen LogP contribution in [0.3, 0.4) is 0 Å². The maximum Gasteiger partial charge on any atom is 0.344 e. The van der Waals surface area contributed by atoms with Crippen molar-refractivity contribution in [3.8, 4) is 5.75 Å². The highest BCUT2D eigenvalue weighted by molar-refractivity contribution is 5.95. The predicted octanol–water partition coefficient (Wildman–Crippen LogP) is 3.70. The number of carbonyl (C=O) groups is 3. The second kappa shape index (κ2) is 10.4. The molecule has 6 nitrogen and oxygen atoms in total. The number of Topliss-reactive ketones (excluding diaryl/α,β-unsaturated/α-hetero) is 1. The molecule has 0 fully saturated rings. The van der Waals surface area contributed by atoms with Crippen molar-refractivity contribution >= 4 is 17.7 Å². The summed E-state index contributed by atoms with van der Waals surface area (Å²) in [5.41, 5.74) is 3.92. The molecule has 0 heterocycles. The van der Waals surface area contributed by atoms with Gasteiger partial charge >= 0.3 is 5.97 Å². The Bertz CT molecular complexity index is 873. The van der Waals surface area contributed by atoms with Crippen LogP contribution < -0.4 is 10.1 Å². The fraction of sp³-hybridized carbons (Fsp3) is 0.348. The first-order valence-corrected chi connectivity index (χ1v) is 9.58. The number of ketones is 1. The number of aryl methyl sites for hydroxylation is 2. The molecule has 0 spiro atoms. The second-order valence-electron chi connectivity index (χ2n) is 6.88.